The number of amidine groups is 1. The van der Waals surface area contributed by atoms with E-state index in [0.29, 0.717) is 17.2 Å². The van der Waals surface area contributed by atoms with Crippen LogP contribution in [-0.4, -0.2) is 17.0 Å². The van der Waals surface area contributed by atoms with E-state index >= 15 is 0 Å². The highest BCUT2D eigenvalue weighted by Gasteiger charge is 2.30. The third-order valence-corrected chi connectivity index (χ3v) is 3.77. The van der Waals surface area contributed by atoms with Gasteiger partial charge in [-0.15, -0.1) is 0 Å². The summed E-state index contributed by atoms with van der Waals surface area (Å²) in [4.78, 5) is 12.2. The molecule has 2 atom stereocenters. The summed E-state index contributed by atoms with van der Waals surface area (Å²) in [5.41, 5.74) is 6.72. The zero-order valence-electron chi connectivity index (χ0n) is 11.0. The van der Waals surface area contributed by atoms with E-state index in [9.17, 15) is 4.79 Å². The Balaban J connectivity index is 2.17. The molecule has 0 heterocycles. The van der Waals surface area contributed by atoms with Crippen LogP contribution in [0.3, 0.4) is 0 Å². The van der Waals surface area contributed by atoms with Gasteiger partial charge in [0.05, 0.1) is 5.69 Å². The quantitative estimate of drug-likeness (QED) is 0.337. The molecule has 102 valence electrons. The number of carbonyl (C=O) groups is 1. The molecule has 4 N–H and O–H groups in total. The molecule has 1 aromatic carbocycles. The van der Waals surface area contributed by atoms with Crippen molar-refractivity contribution in [1.29, 1.82) is 0 Å². The number of amides is 1. The number of nitrogens with zero attached hydrogens (tertiary/aromatic N) is 1. The van der Waals surface area contributed by atoms with E-state index < -0.39 is 0 Å². The highest BCUT2D eigenvalue weighted by atomic mass is 16.4. The summed E-state index contributed by atoms with van der Waals surface area (Å²) in [6, 6.07) is 7.05. The van der Waals surface area contributed by atoms with E-state index in [2.05, 4.69) is 17.4 Å². The first-order valence-corrected chi connectivity index (χ1v) is 6.51. The molecule has 19 heavy (non-hydrogen) atoms. The summed E-state index contributed by atoms with van der Waals surface area (Å²) in [5.74, 6) is 0.481. The minimum atomic E-state index is -0.00429. The summed E-state index contributed by atoms with van der Waals surface area (Å²) in [5, 5.41) is 14.6. The van der Waals surface area contributed by atoms with Gasteiger partial charge in [0, 0.05) is 11.5 Å². The van der Waals surface area contributed by atoms with Crippen LogP contribution in [0.25, 0.3) is 0 Å². The van der Waals surface area contributed by atoms with Gasteiger partial charge in [0.1, 0.15) is 0 Å². The van der Waals surface area contributed by atoms with Gasteiger partial charge in [-0.1, -0.05) is 30.6 Å². The smallest absolute Gasteiger partial charge is 0.227 e. The highest BCUT2D eigenvalue weighted by molar-refractivity contribution is 6.05. The van der Waals surface area contributed by atoms with Crippen molar-refractivity contribution in [3.8, 4) is 0 Å². The molecular weight excluding hydrogens is 242 g/mol. The molecule has 5 nitrogen and oxygen atoms in total. The van der Waals surface area contributed by atoms with E-state index in [1.807, 2.05) is 6.07 Å². The Morgan fingerprint density at radius 1 is 1.42 bits per heavy atom. The van der Waals surface area contributed by atoms with Gasteiger partial charge in [-0.3, -0.25) is 4.79 Å². The summed E-state index contributed by atoms with van der Waals surface area (Å²) in [6.07, 6.45) is 3.12. The van der Waals surface area contributed by atoms with Gasteiger partial charge in [-0.25, -0.2) is 0 Å². The lowest BCUT2D eigenvalue weighted by molar-refractivity contribution is -0.120. The topological polar surface area (TPSA) is 87.7 Å². The molecule has 2 unspecified atom stereocenters. The number of nitrogens with two attached hydrogens (primary N) is 1. The lowest BCUT2D eigenvalue weighted by Crippen LogP contribution is -2.26. The van der Waals surface area contributed by atoms with E-state index in [-0.39, 0.29) is 17.7 Å². The first-order chi connectivity index (χ1) is 9.13. The molecule has 5 heteroatoms. The molecule has 0 aliphatic heterocycles. The normalized spacial score (nSPS) is 23.3. The van der Waals surface area contributed by atoms with Crippen molar-refractivity contribution in [2.24, 2.45) is 22.7 Å². The zero-order valence-corrected chi connectivity index (χ0v) is 11.0. The first kappa shape index (κ1) is 13.4. The highest BCUT2D eigenvalue weighted by Crippen LogP contribution is 2.32. The van der Waals surface area contributed by atoms with Crippen LogP contribution in [-0.2, 0) is 4.79 Å². The molecular formula is C14H19N3O2. The number of hydrogen-bond acceptors (Lipinski definition) is 3. The Morgan fingerprint density at radius 2 is 2.16 bits per heavy atom. The minimum absolute atomic E-state index is 0.00429. The van der Waals surface area contributed by atoms with Crippen LogP contribution in [0, 0.1) is 11.8 Å². The van der Waals surface area contributed by atoms with Gasteiger partial charge in [0.2, 0.25) is 5.91 Å². The van der Waals surface area contributed by atoms with Gasteiger partial charge < -0.3 is 16.3 Å². The van der Waals surface area contributed by atoms with Gasteiger partial charge in [-0.2, -0.15) is 0 Å². The van der Waals surface area contributed by atoms with E-state index in [1.165, 1.54) is 0 Å². The van der Waals surface area contributed by atoms with Crippen LogP contribution in [0.5, 0.6) is 0 Å². The molecule has 1 aromatic rings. The molecule has 1 fully saturated rings. The number of para-hydroxylation sites is 1. The van der Waals surface area contributed by atoms with Crippen LogP contribution in [0.2, 0.25) is 0 Å². The Hall–Kier alpha value is -2.04. The Bertz CT molecular complexity index is 499. The number of hydrogen-bond donors (Lipinski definition) is 3. The predicted octanol–water partition coefficient (Wildman–Crippen LogP) is 2.16. The van der Waals surface area contributed by atoms with Crippen molar-refractivity contribution < 1.29 is 10.0 Å². The van der Waals surface area contributed by atoms with Crippen LogP contribution < -0.4 is 11.1 Å². The van der Waals surface area contributed by atoms with Crippen LogP contribution in [0.1, 0.15) is 31.7 Å². The van der Waals surface area contributed by atoms with E-state index in [4.69, 9.17) is 10.9 Å². The van der Waals surface area contributed by atoms with Crippen molar-refractivity contribution in [3.05, 3.63) is 29.8 Å². The van der Waals surface area contributed by atoms with Crippen LogP contribution in [0.15, 0.2) is 29.4 Å². The number of oxime groups is 1. The average molecular weight is 261 g/mol. The zero-order chi connectivity index (χ0) is 13.8. The second-order valence-corrected chi connectivity index (χ2v) is 5.03. The largest absolute Gasteiger partial charge is 0.409 e. The van der Waals surface area contributed by atoms with Crippen molar-refractivity contribution in [1.82, 2.24) is 0 Å². The summed E-state index contributed by atoms with van der Waals surface area (Å²) in [7, 11) is 0. The van der Waals surface area contributed by atoms with Gasteiger partial charge in [-0.05, 0) is 30.9 Å². The van der Waals surface area contributed by atoms with Crippen molar-refractivity contribution >= 4 is 17.4 Å². The Morgan fingerprint density at radius 3 is 2.79 bits per heavy atom. The molecule has 0 bridgehead atoms. The predicted molar refractivity (Wildman–Crippen MR) is 74.1 cm³/mol. The Kier molecular flexibility index (Phi) is 4.04. The van der Waals surface area contributed by atoms with Crippen LogP contribution >= 0.6 is 0 Å². The fraction of sp³-hybridized carbons (Fsp3) is 0.429. The number of rotatable bonds is 3. The maximum Gasteiger partial charge on any atom is 0.227 e. The van der Waals surface area contributed by atoms with Crippen molar-refractivity contribution in [2.75, 3.05) is 5.32 Å². The van der Waals surface area contributed by atoms with E-state index in [1.54, 1.807) is 18.2 Å². The number of nitrogens with one attached hydrogen (secondary N) is 1. The molecule has 1 aliphatic carbocycles. The van der Waals surface area contributed by atoms with Crippen LogP contribution in [0.4, 0.5) is 5.69 Å². The van der Waals surface area contributed by atoms with Crippen molar-refractivity contribution in [3.63, 3.8) is 0 Å². The van der Waals surface area contributed by atoms with Gasteiger partial charge in [0.15, 0.2) is 5.84 Å². The third kappa shape index (κ3) is 2.86. The second-order valence-electron chi connectivity index (χ2n) is 5.03. The maximum absolute atomic E-state index is 12.2. The second kappa shape index (κ2) is 5.73. The average Bonchev–Trinajstić information content (AvgIpc) is 2.85. The third-order valence-electron chi connectivity index (χ3n) is 3.77. The lowest BCUT2D eigenvalue weighted by Gasteiger charge is -2.16. The van der Waals surface area contributed by atoms with Gasteiger partial charge >= 0.3 is 0 Å². The molecule has 2 rings (SSSR count). The molecule has 1 amide bonds. The fourth-order valence-electron chi connectivity index (χ4n) is 2.63. The summed E-state index contributed by atoms with van der Waals surface area (Å²) < 4.78 is 0. The monoisotopic (exact) mass is 261 g/mol. The first-order valence-electron chi connectivity index (χ1n) is 6.51. The van der Waals surface area contributed by atoms with Crippen molar-refractivity contribution in [2.45, 2.75) is 26.2 Å². The molecule has 0 aromatic heterocycles. The number of benzene rings is 1. The Labute approximate surface area is 112 Å². The molecule has 1 saturated carbocycles. The SMILES string of the molecule is CC1CCCC1C(=O)Nc1ccccc1/C(N)=N/O. The standard InChI is InChI=1S/C14H19N3O2/c1-9-5-4-7-10(9)14(18)16-12-8-3-2-6-11(12)13(15)17-19/h2-3,6,8-10,19H,4-5,7H2,1H3,(H2,15,17)(H,16,18). The molecule has 0 saturated heterocycles. The minimum Gasteiger partial charge on any atom is -0.409 e. The summed E-state index contributed by atoms with van der Waals surface area (Å²) >= 11 is 0. The van der Waals surface area contributed by atoms with Gasteiger partial charge in [0.25, 0.3) is 0 Å². The fourth-order valence-corrected chi connectivity index (χ4v) is 2.63. The molecule has 0 spiro atoms. The van der Waals surface area contributed by atoms with E-state index in [0.717, 1.165) is 19.3 Å². The summed E-state index contributed by atoms with van der Waals surface area (Å²) in [6.45, 7) is 2.10. The molecule has 0 radical (unpaired) electrons. The number of anilines is 1. The number of carbonyl (C=O) groups excluding carboxylic acids is 1. The molecule has 1 aliphatic rings. The maximum atomic E-state index is 12.2. The lowest BCUT2D eigenvalue weighted by atomic mass is 9.97.